The van der Waals surface area contributed by atoms with Gasteiger partial charge in [-0.1, -0.05) is 0 Å². The molecule has 1 aromatic heterocycles. The van der Waals surface area contributed by atoms with Crippen LogP contribution in [-0.2, 0) is 11.2 Å². The van der Waals surface area contributed by atoms with Gasteiger partial charge in [-0.2, -0.15) is 0 Å². The second-order valence-corrected chi connectivity index (χ2v) is 2.32. The lowest BCUT2D eigenvalue weighted by Crippen LogP contribution is -2.15. The summed E-state index contributed by atoms with van der Waals surface area (Å²) in [6.45, 7) is 0. The van der Waals surface area contributed by atoms with E-state index in [2.05, 4.69) is 4.98 Å². The SMILES string of the molecule is Nc1c(CC(=O)O)cc[nH]c1=O. The Kier molecular flexibility index (Phi) is 2.14. The Morgan fingerprint density at radius 2 is 2.33 bits per heavy atom. The lowest BCUT2D eigenvalue weighted by molar-refractivity contribution is -0.136. The van der Waals surface area contributed by atoms with Gasteiger partial charge in [-0.05, 0) is 11.6 Å². The minimum absolute atomic E-state index is 0.0279. The van der Waals surface area contributed by atoms with Gasteiger partial charge in [0, 0.05) is 6.20 Å². The highest BCUT2D eigenvalue weighted by molar-refractivity contribution is 5.72. The number of pyridine rings is 1. The maximum atomic E-state index is 10.8. The molecule has 4 N–H and O–H groups in total. The molecule has 1 rings (SSSR count). The minimum Gasteiger partial charge on any atom is -0.481 e. The lowest BCUT2D eigenvalue weighted by Gasteiger charge is -1.99. The number of aliphatic carboxylic acids is 1. The number of nitrogen functional groups attached to an aromatic ring is 1. The number of aromatic amines is 1. The molecular formula is C7H8N2O3. The van der Waals surface area contributed by atoms with Crippen molar-refractivity contribution < 1.29 is 9.90 Å². The first-order valence-corrected chi connectivity index (χ1v) is 3.29. The molecule has 5 heteroatoms. The van der Waals surface area contributed by atoms with Gasteiger partial charge in [-0.15, -0.1) is 0 Å². The molecule has 0 atom stereocenters. The summed E-state index contributed by atoms with van der Waals surface area (Å²) in [5.41, 5.74) is 5.18. The number of hydrogen-bond acceptors (Lipinski definition) is 3. The number of H-pyrrole nitrogens is 1. The van der Waals surface area contributed by atoms with Gasteiger partial charge in [0.2, 0.25) is 0 Å². The Hall–Kier alpha value is -1.78. The molecule has 0 aliphatic carbocycles. The summed E-state index contributed by atoms with van der Waals surface area (Å²) in [7, 11) is 0. The van der Waals surface area contributed by atoms with Crippen LogP contribution in [0, 0.1) is 0 Å². The molecule has 1 aromatic rings. The summed E-state index contributed by atoms with van der Waals surface area (Å²) in [6.07, 6.45) is 1.15. The summed E-state index contributed by atoms with van der Waals surface area (Å²) in [5, 5.41) is 8.41. The van der Waals surface area contributed by atoms with Gasteiger partial charge in [0.25, 0.3) is 5.56 Å². The Balaban J connectivity index is 3.08. The van der Waals surface area contributed by atoms with Crippen LogP contribution in [0.1, 0.15) is 5.56 Å². The van der Waals surface area contributed by atoms with Crippen molar-refractivity contribution in [3.8, 4) is 0 Å². The molecule has 0 aromatic carbocycles. The molecule has 0 saturated carbocycles. The van der Waals surface area contributed by atoms with Crippen molar-refractivity contribution >= 4 is 11.7 Å². The molecule has 0 unspecified atom stereocenters. The van der Waals surface area contributed by atoms with Crippen LogP contribution in [0.3, 0.4) is 0 Å². The van der Waals surface area contributed by atoms with Crippen molar-refractivity contribution in [2.75, 3.05) is 5.73 Å². The zero-order valence-electron chi connectivity index (χ0n) is 6.20. The van der Waals surface area contributed by atoms with E-state index in [4.69, 9.17) is 10.8 Å². The van der Waals surface area contributed by atoms with Gasteiger partial charge >= 0.3 is 5.97 Å². The second-order valence-electron chi connectivity index (χ2n) is 2.32. The number of carboxylic acids is 1. The number of hydrogen-bond donors (Lipinski definition) is 3. The van der Waals surface area contributed by atoms with Gasteiger partial charge in [0.15, 0.2) is 0 Å². The van der Waals surface area contributed by atoms with Gasteiger partial charge in [0.1, 0.15) is 5.69 Å². The number of nitrogens with two attached hydrogens (primary N) is 1. The van der Waals surface area contributed by atoms with Crippen LogP contribution < -0.4 is 11.3 Å². The topological polar surface area (TPSA) is 96.2 Å². The number of rotatable bonds is 2. The zero-order valence-corrected chi connectivity index (χ0v) is 6.20. The highest BCUT2D eigenvalue weighted by Crippen LogP contribution is 2.04. The molecule has 0 radical (unpaired) electrons. The van der Waals surface area contributed by atoms with Crippen molar-refractivity contribution in [3.63, 3.8) is 0 Å². The predicted molar refractivity (Wildman–Crippen MR) is 42.8 cm³/mol. The second kappa shape index (κ2) is 3.08. The maximum Gasteiger partial charge on any atom is 0.307 e. The molecule has 0 aliphatic rings. The van der Waals surface area contributed by atoms with Crippen molar-refractivity contribution in [1.82, 2.24) is 4.98 Å². The predicted octanol–water partition coefficient (Wildman–Crippen LogP) is -0.416. The van der Waals surface area contributed by atoms with Crippen molar-refractivity contribution in [2.24, 2.45) is 0 Å². The summed E-state index contributed by atoms with van der Waals surface area (Å²) in [5.74, 6) is -1.01. The van der Waals surface area contributed by atoms with Gasteiger partial charge in [-0.3, -0.25) is 9.59 Å². The first kappa shape index (κ1) is 8.32. The van der Waals surface area contributed by atoms with Crippen molar-refractivity contribution in [2.45, 2.75) is 6.42 Å². The fourth-order valence-corrected chi connectivity index (χ4v) is 0.848. The first-order chi connectivity index (χ1) is 5.61. The average molecular weight is 168 g/mol. The number of anilines is 1. The molecular weight excluding hydrogens is 160 g/mol. The Labute approximate surface area is 67.8 Å². The highest BCUT2D eigenvalue weighted by Gasteiger charge is 2.05. The van der Waals surface area contributed by atoms with E-state index < -0.39 is 11.5 Å². The summed E-state index contributed by atoms with van der Waals surface area (Å²) >= 11 is 0. The Bertz CT molecular complexity index is 356. The van der Waals surface area contributed by atoms with E-state index in [1.807, 2.05) is 0 Å². The lowest BCUT2D eigenvalue weighted by atomic mass is 10.2. The van der Waals surface area contributed by atoms with Crippen LogP contribution in [0.4, 0.5) is 5.69 Å². The fraction of sp³-hybridized carbons (Fsp3) is 0.143. The molecule has 0 bridgehead atoms. The van der Waals surface area contributed by atoms with Gasteiger partial charge in [-0.25, -0.2) is 0 Å². The van der Waals surface area contributed by atoms with Crippen LogP contribution in [-0.4, -0.2) is 16.1 Å². The normalized spacial score (nSPS) is 9.67. The van der Waals surface area contributed by atoms with Gasteiger partial charge in [0.05, 0.1) is 6.42 Å². The van der Waals surface area contributed by atoms with Gasteiger partial charge < -0.3 is 15.8 Å². The van der Waals surface area contributed by atoms with Crippen LogP contribution in [0.2, 0.25) is 0 Å². The Morgan fingerprint density at radius 1 is 1.67 bits per heavy atom. The standard InChI is InChI=1S/C7H8N2O3/c8-6-4(3-5(10)11)1-2-9-7(6)12/h1-2H,3,8H2,(H,9,12)(H,10,11). The van der Waals surface area contributed by atoms with E-state index in [1.54, 1.807) is 0 Å². The van der Waals surface area contributed by atoms with E-state index in [9.17, 15) is 9.59 Å². The minimum atomic E-state index is -1.01. The summed E-state index contributed by atoms with van der Waals surface area (Å²) in [6, 6.07) is 1.48. The third-order valence-electron chi connectivity index (χ3n) is 1.43. The maximum absolute atomic E-state index is 10.8. The van der Waals surface area contributed by atoms with Crippen molar-refractivity contribution in [3.05, 3.63) is 28.2 Å². The first-order valence-electron chi connectivity index (χ1n) is 3.29. The summed E-state index contributed by atoms with van der Waals surface area (Å²) < 4.78 is 0. The van der Waals surface area contributed by atoms with E-state index >= 15 is 0 Å². The fourth-order valence-electron chi connectivity index (χ4n) is 0.848. The molecule has 0 amide bonds. The van der Waals surface area contributed by atoms with E-state index in [1.165, 1.54) is 12.3 Å². The number of aromatic nitrogens is 1. The van der Waals surface area contributed by atoms with E-state index in [0.717, 1.165) is 0 Å². The largest absolute Gasteiger partial charge is 0.481 e. The molecule has 0 saturated heterocycles. The van der Waals surface area contributed by atoms with Crippen LogP contribution >= 0.6 is 0 Å². The number of carboxylic acid groups (broad SMARTS) is 1. The van der Waals surface area contributed by atoms with E-state index in [-0.39, 0.29) is 12.1 Å². The third-order valence-corrected chi connectivity index (χ3v) is 1.43. The van der Waals surface area contributed by atoms with E-state index in [0.29, 0.717) is 5.56 Å². The Morgan fingerprint density at radius 3 is 2.92 bits per heavy atom. The monoisotopic (exact) mass is 168 g/mol. The molecule has 64 valence electrons. The smallest absolute Gasteiger partial charge is 0.307 e. The van der Waals surface area contributed by atoms with Crippen LogP contribution in [0.25, 0.3) is 0 Å². The molecule has 0 aliphatic heterocycles. The highest BCUT2D eigenvalue weighted by atomic mass is 16.4. The molecule has 12 heavy (non-hydrogen) atoms. The average Bonchev–Trinajstić information content (AvgIpc) is 1.98. The number of carbonyl (C=O) groups is 1. The molecule has 1 heterocycles. The zero-order chi connectivity index (χ0) is 9.14. The molecule has 5 nitrogen and oxygen atoms in total. The molecule has 0 fully saturated rings. The molecule has 0 spiro atoms. The van der Waals surface area contributed by atoms with Crippen molar-refractivity contribution in [1.29, 1.82) is 0 Å². The van der Waals surface area contributed by atoms with Crippen LogP contribution in [0.5, 0.6) is 0 Å². The quantitative estimate of drug-likeness (QED) is 0.559. The number of nitrogens with one attached hydrogen (secondary N) is 1. The summed E-state index contributed by atoms with van der Waals surface area (Å²) in [4.78, 5) is 23.5. The third kappa shape index (κ3) is 1.63. The van der Waals surface area contributed by atoms with Crippen LogP contribution in [0.15, 0.2) is 17.1 Å².